The van der Waals surface area contributed by atoms with E-state index in [2.05, 4.69) is 0 Å². The molecule has 0 fully saturated rings. The van der Waals surface area contributed by atoms with Crippen molar-refractivity contribution in [3.8, 4) is 0 Å². The number of nitrogen functional groups attached to an aromatic ring is 1. The van der Waals surface area contributed by atoms with Crippen molar-refractivity contribution in [1.29, 1.82) is 0 Å². The maximum Gasteiger partial charge on any atom is 0.130 e. The predicted octanol–water partition coefficient (Wildman–Crippen LogP) is 2.37. The van der Waals surface area contributed by atoms with Gasteiger partial charge >= 0.3 is 0 Å². The molecule has 2 nitrogen and oxygen atoms in total. The van der Waals surface area contributed by atoms with Crippen LogP contribution in [0.2, 0.25) is 0 Å². The van der Waals surface area contributed by atoms with Gasteiger partial charge in [0.15, 0.2) is 0 Å². The second kappa shape index (κ2) is 3.96. The average molecular weight is 196 g/mol. The summed E-state index contributed by atoms with van der Waals surface area (Å²) in [5, 5.41) is 0. The number of aryl methyl sites for hydroxylation is 1. The van der Waals surface area contributed by atoms with Crippen LogP contribution in [-0.2, 0) is 0 Å². The minimum atomic E-state index is -0.311. The van der Waals surface area contributed by atoms with Crippen LogP contribution >= 0.6 is 0 Å². The Morgan fingerprint density at radius 2 is 1.86 bits per heavy atom. The van der Waals surface area contributed by atoms with Crippen molar-refractivity contribution >= 4 is 5.69 Å². The highest BCUT2D eigenvalue weighted by Crippen LogP contribution is 2.25. The highest BCUT2D eigenvalue weighted by molar-refractivity contribution is 5.49. The first-order chi connectivity index (χ1) is 6.43. The number of anilines is 1. The molecule has 0 bridgehead atoms. The smallest absolute Gasteiger partial charge is 0.130 e. The van der Waals surface area contributed by atoms with E-state index in [1.54, 1.807) is 6.07 Å². The minimum absolute atomic E-state index is 0.215. The molecule has 0 aliphatic heterocycles. The zero-order valence-electron chi connectivity index (χ0n) is 8.84. The molecular formula is C11H17FN2. The van der Waals surface area contributed by atoms with Gasteiger partial charge in [0.05, 0.1) is 0 Å². The van der Waals surface area contributed by atoms with Gasteiger partial charge in [-0.05, 0) is 30.5 Å². The number of rotatable bonds is 2. The number of halogens is 1. The molecule has 0 radical (unpaired) electrons. The highest BCUT2D eigenvalue weighted by Gasteiger charge is 2.15. The first-order valence-corrected chi connectivity index (χ1v) is 4.74. The lowest BCUT2D eigenvalue weighted by Crippen LogP contribution is -2.18. The largest absolute Gasteiger partial charge is 0.398 e. The Hall–Kier alpha value is -1.09. The second-order valence-electron chi connectivity index (χ2n) is 4.00. The summed E-state index contributed by atoms with van der Waals surface area (Å²) in [7, 11) is 0. The third-order valence-electron chi connectivity index (χ3n) is 2.46. The van der Waals surface area contributed by atoms with E-state index >= 15 is 0 Å². The summed E-state index contributed by atoms with van der Waals surface area (Å²) in [4.78, 5) is 0. The van der Waals surface area contributed by atoms with E-state index in [4.69, 9.17) is 11.5 Å². The fourth-order valence-electron chi connectivity index (χ4n) is 1.33. The quantitative estimate of drug-likeness (QED) is 0.713. The van der Waals surface area contributed by atoms with E-state index in [-0.39, 0.29) is 17.8 Å². The van der Waals surface area contributed by atoms with Gasteiger partial charge in [-0.2, -0.15) is 0 Å². The van der Waals surface area contributed by atoms with Crippen LogP contribution in [-0.4, -0.2) is 0 Å². The van der Waals surface area contributed by atoms with Gasteiger partial charge in [0.2, 0.25) is 0 Å². The summed E-state index contributed by atoms with van der Waals surface area (Å²) >= 11 is 0. The molecule has 0 saturated carbocycles. The summed E-state index contributed by atoms with van der Waals surface area (Å²) in [6.45, 7) is 5.79. The van der Waals surface area contributed by atoms with Crippen molar-refractivity contribution in [3.63, 3.8) is 0 Å². The van der Waals surface area contributed by atoms with Crippen LogP contribution in [0.3, 0.4) is 0 Å². The van der Waals surface area contributed by atoms with Crippen molar-refractivity contribution in [3.05, 3.63) is 29.1 Å². The Morgan fingerprint density at radius 1 is 1.29 bits per heavy atom. The predicted molar refractivity (Wildman–Crippen MR) is 57.3 cm³/mol. The van der Waals surface area contributed by atoms with Gasteiger partial charge in [-0.25, -0.2) is 4.39 Å². The van der Waals surface area contributed by atoms with Crippen molar-refractivity contribution in [2.24, 2.45) is 11.7 Å². The van der Waals surface area contributed by atoms with Crippen molar-refractivity contribution < 1.29 is 4.39 Å². The zero-order chi connectivity index (χ0) is 10.9. The number of hydrogen-bond acceptors (Lipinski definition) is 2. The lowest BCUT2D eigenvalue weighted by atomic mass is 9.95. The molecule has 0 heterocycles. The molecule has 0 unspecified atom stereocenters. The van der Waals surface area contributed by atoms with Gasteiger partial charge in [0.1, 0.15) is 5.82 Å². The lowest BCUT2D eigenvalue weighted by Gasteiger charge is -2.17. The molecule has 3 heteroatoms. The third-order valence-corrected chi connectivity index (χ3v) is 2.46. The molecule has 0 amide bonds. The SMILES string of the molecule is Cc1cc([C@H](N)C(C)C)c(F)cc1N. The summed E-state index contributed by atoms with van der Waals surface area (Å²) in [5.74, 6) is -0.0955. The highest BCUT2D eigenvalue weighted by atomic mass is 19.1. The van der Waals surface area contributed by atoms with Crippen LogP contribution in [0.15, 0.2) is 12.1 Å². The zero-order valence-corrected chi connectivity index (χ0v) is 8.84. The molecule has 1 atom stereocenters. The Balaban J connectivity index is 3.15. The number of benzene rings is 1. The van der Waals surface area contributed by atoms with Gasteiger partial charge in [-0.1, -0.05) is 13.8 Å². The van der Waals surface area contributed by atoms with Gasteiger partial charge in [-0.15, -0.1) is 0 Å². The average Bonchev–Trinajstić information content (AvgIpc) is 2.10. The Bertz CT molecular complexity index is 334. The molecule has 1 aromatic rings. The second-order valence-corrected chi connectivity index (χ2v) is 4.00. The maximum absolute atomic E-state index is 13.5. The first kappa shape index (κ1) is 11.0. The summed E-state index contributed by atoms with van der Waals surface area (Å²) < 4.78 is 13.5. The van der Waals surface area contributed by atoms with Crippen LogP contribution in [0.1, 0.15) is 31.0 Å². The van der Waals surface area contributed by atoms with Crippen LogP contribution in [0.5, 0.6) is 0 Å². The normalized spacial score (nSPS) is 13.3. The summed E-state index contributed by atoms with van der Waals surface area (Å²) in [6.07, 6.45) is 0. The van der Waals surface area contributed by atoms with Crippen molar-refractivity contribution in [2.45, 2.75) is 26.8 Å². The van der Waals surface area contributed by atoms with Crippen LogP contribution in [0.4, 0.5) is 10.1 Å². The molecule has 14 heavy (non-hydrogen) atoms. The van der Waals surface area contributed by atoms with Gasteiger partial charge in [-0.3, -0.25) is 0 Å². The molecule has 0 aliphatic rings. The van der Waals surface area contributed by atoms with Crippen LogP contribution in [0.25, 0.3) is 0 Å². The van der Waals surface area contributed by atoms with E-state index < -0.39 is 0 Å². The fourth-order valence-corrected chi connectivity index (χ4v) is 1.33. The Kier molecular flexibility index (Phi) is 3.11. The van der Waals surface area contributed by atoms with Gasteiger partial charge < -0.3 is 11.5 Å². The van der Waals surface area contributed by atoms with E-state index in [1.165, 1.54) is 6.07 Å². The summed E-state index contributed by atoms with van der Waals surface area (Å²) in [5.41, 5.74) is 13.4. The summed E-state index contributed by atoms with van der Waals surface area (Å²) in [6, 6.07) is 2.80. The van der Waals surface area contributed by atoms with E-state index in [1.807, 2.05) is 20.8 Å². The lowest BCUT2D eigenvalue weighted by molar-refractivity contribution is 0.485. The molecule has 0 aromatic heterocycles. The number of hydrogen-bond donors (Lipinski definition) is 2. The van der Waals surface area contributed by atoms with Gasteiger partial charge in [0, 0.05) is 17.3 Å². The van der Waals surface area contributed by atoms with Crippen LogP contribution in [0, 0.1) is 18.7 Å². The number of nitrogens with two attached hydrogens (primary N) is 2. The molecule has 1 rings (SSSR count). The molecular weight excluding hydrogens is 179 g/mol. The molecule has 78 valence electrons. The minimum Gasteiger partial charge on any atom is -0.398 e. The van der Waals surface area contributed by atoms with E-state index in [0.29, 0.717) is 11.3 Å². The molecule has 1 aromatic carbocycles. The topological polar surface area (TPSA) is 52.0 Å². The third kappa shape index (κ3) is 2.04. The van der Waals surface area contributed by atoms with Crippen LogP contribution < -0.4 is 11.5 Å². The van der Waals surface area contributed by atoms with E-state index in [9.17, 15) is 4.39 Å². The van der Waals surface area contributed by atoms with Gasteiger partial charge in [0.25, 0.3) is 0 Å². The Morgan fingerprint density at radius 3 is 2.36 bits per heavy atom. The Labute approximate surface area is 84.1 Å². The molecule has 0 saturated heterocycles. The maximum atomic E-state index is 13.5. The van der Waals surface area contributed by atoms with Crippen molar-refractivity contribution in [1.82, 2.24) is 0 Å². The van der Waals surface area contributed by atoms with E-state index in [0.717, 1.165) is 5.56 Å². The fraction of sp³-hybridized carbons (Fsp3) is 0.455. The standard InChI is InChI=1S/C11H17FN2/c1-6(2)11(14)8-4-7(3)10(13)5-9(8)12/h4-6,11H,13-14H2,1-3H3/t11-/m1/s1. The first-order valence-electron chi connectivity index (χ1n) is 4.74. The monoisotopic (exact) mass is 196 g/mol. The van der Waals surface area contributed by atoms with Crippen molar-refractivity contribution in [2.75, 3.05) is 5.73 Å². The molecule has 0 aliphatic carbocycles. The molecule has 4 N–H and O–H groups in total. The molecule has 0 spiro atoms.